The first-order chi connectivity index (χ1) is 11.5. The van der Waals surface area contributed by atoms with E-state index in [1.807, 2.05) is 24.3 Å². The van der Waals surface area contributed by atoms with E-state index in [0.717, 1.165) is 31.6 Å². The van der Waals surface area contributed by atoms with Crippen LogP contribution in [0, 0.1) is 5.92 Å². The highest BCUT2D eigenvalue weighted by molar-refractivity contribution is 6.37. The molecule has 1 aliphatic heterocycles. The average molecular weight is 350 g/mol. The summed E-state index contributed by atoms with van der Waals surface area (Å²) in [6, 6.07) is 7.62. The summed E-state index contributed by atoms with van der Waals surface area (Å²) in [5.74, 6) is -1.30. The fraction of sp³-hybridized carbons (Fsp3) is 0.471. The molecule has 1 aromatic carbocycles. The molecule has 0 atom stereocenters. The van der Waals surface area contributed by atoms with Crippen LogP contribution in [-0.4, -0.2) is 55.2 Å². The Balaban J connectivity index is 1.43. The predicted molar refractivity (Wildman–Crippen MR) is 91.0 cm³/mol. The molecular weight excluding hydrogens is 330 g/mol. The van der Waals surface area contributed by atoms with Gasteiger partial charge in [-0.1, -0.05) is 11.6 Å². The lowest BCUT2D eigenvalue weighted by atomic mass is 10.2. The van der Waals surface area contributed by atoms with Crippen molar-refractivity contribution in [1.82, 2.24) is 10.2 Å². The summed E-state index contributed by atoms with van der Waals surface area (Å²) in [5.41, 5.74) is 1.08. The number of anilines is 1. The van der Waals surface area contributed by atoms with Gasteiger partial charge in [-0.25, -0.2) is 0 Å². The molecule has 3 rings (SSSR count). The molecule has 7 heteroatoms. The van der Waals surface area contributed by atoms with Crippen LogP contribution in [0.2, 0.25) is 5.02 Å². The van der Waals surface area contributed by atoms with E-state index in [1.165, 1.54) is 0 Å². The molecule has 2 aliphatic rings. The lowest BCUT2D eigenvalue weighted by Crippen LogP contribution is -2.51. The molecule has 1 saturated carbocycles. The molecule has 0 unspecified atom stereocenters. The molecular formula is C17H20ClN3O3. The molecule has 6 nitrogen and oxygen atoms in total. The first kappa shape index (κ1) is 16.8. The number of benzene rings is 1. The number of hydrogen-bond donors (Lipinski definition) is 1. The minimum Gasteiger partial charge on any atom is -0.368 e. The summed E-state index contributed by atoms with van der Waals surface area (Å²) >= 11 is 5.89. The fourth-order valence-corrected chi connectivity index (χ4v) is 2.88. The van der Waals surface area contributed by atoms with Crippen molar-refractivity contribution < 1.29 is 14.4 Å². The van der Waals surface area contributed by atoms with Crippen LogP contribution in [0.3, 0.4) is 0 Å². The minimum atomic E-state index is -0.634. The van der Waals surface area contributed by atoms with Crippen molar-refractivity contribution in [3.63, 3.8) is 0 Å². The van der Waals surface area contributed by atoms with Crippen molar-refractivity contribution in [3.8, 4) is 0 Å². The van der Waals surface area contributed by atoms with Crippen LogP contribution in [-0.2, 0) is 14.4 Å². The van der Waals surface area contributed by atoms with Crippen molar-refractivity contribution in [2.24, 2.45) is 5.92 Å². The Kier molecular flexibility index (Phi) is 5.04. The van der Waals surface area contributed by atoms with Crippen LogP contribution in [0.5, 0.6) is 0 Å². The third kappa shape index (κ3) is 4.06. The quantitative estimate of drug-likeness (QED) is 0.808. The maximum atomic E-state index is 12.2. The molecule has 2 amide bonds. The van der Waals surface area contributed by atoms with E-state index in [0.29, 0.717) is 18.1 Å². The third-order valence-corrected chi connectivity index (χ3v) is 4.65. The van der Waals surface area contributed by atoms with E-state index in [2.05, 4.69) is 10.2 Å². The number of nitrogens with zero attached hydrogens (tertiary/aromatic N) is 2. The van der Waals surface area contributed by atoms with E-state index < -0.39 is 11.7 Å². The maximum Gasteiger partial charge on any atom is 0.288 e. The first-order valence-electron chi connectivity index (χ1n) is 8.15. The summed E-state index contributed by atoms with van der Waals surface area (Å²) < 4.78 is 0. The van der Waals surface area contributed by atoms with Gasteiger partial charge in [-0.05, 0) is 37.1 Å². The van der Waals surface area contributed by atoms with Gasteiger partial charge in [-0.2, -0.15) is 0 Å². The molecule has 1 aliphatic carbocycles. The average Bonchev–Trinajstić information content (AvgIpc) is 3.44. The Morgan fingerprint density at radius 1 is 1.04 bits per heavy atom. The largest absolute Gasteiger partial charge is 0.368 e. The van der Waals surface area contributed by atoms with Gasteiger partial charge in [0, 0.05) is 42.8 Å². The number of carbonyl (C=O) groups is 3. The number of hydrogen-bond acceptors (Lipinski definition) is 4. The Morgan fingerprint density at radius 2 is 1.67 bits per heavy atom. The molecule has 1 N–H and O–H groups in total. The van der Waals surface area contributed by atoms with Crippen LogP contribution < -0.4 is 10.2 Å². The van der Waals surface area contributed by atoms with E-state index in [-0.39, 0.29) is 18.4 Å². The van der Waals surface area contributed by atoms with Crippen LogP contribution in [0.25, 0.3) is 0 Å². The molecule has 1 aromatic rings. The topological polar surface area (TPSA) is 69.7 Å². The van der Waals surface area contributed by atoms with Crippen LogP contribution >= 0.6 is 11.6 Å². The zero-order valence-corrected chi connectivity index (χ0v) is 14.1. The summed E-state index contributed by atoms with van der Waals surface area (Å²) in [6.45, 7) is 2.52. The van der Waals surface area contributed by atoms with E-state index in [4.69, 9.17) is 11.6 Å². The molecule has 128 valence electrons. The zero-order valence-electron chi connectivity index (χ0n) is 13.3. The highest BCUT2D eigenvalue weighted by Crippen LogP contribution is 2.29. The monoisotopic (exact) mass is 349 g/mol. The smallest absolute Gasteiger partial charge is 0.288 e. The number of nitrogens with one attached hydrogen (secondary N) is 1. The molecule has 2 fully saturated rings. The Morgan fingerprint density at radius 3 is 2.25 bits per heavy atom. The molecule has 1 heterocycles. The molecule has 1 saturated heterocycles. The molecule has 0 bridgehead atoms. The lowest BCUT2D eigenvalue weighted by molar-refractivity contribution is -0.140. The molecule has 0 spiro atoms. The van der Waals surface area contributed by atoms with Crippen molar-refractivity contribution in [2.45, 2.75) is 12.8 Å². The Bertz CT molecular complexity index is 635. The summed E-state index contributed by atoms with van der Waals surface area (Å²) in [4.78, 5) is 39.3. The second-order valence-electron chi connectivity index (χ2n) is 6.17. The van der Waals surface area contributed by atoms with Gasteiger partial charge >= 0.3 is 0 Å². The van der Waals surface area contributed by atoms with E-state index in [1.54, 1.807) is 4.90 Å². The maximum absolute atomic E-state index is 12.2. The number of halogens is 1. The fourth-order valence-electron chi connectivity index (χ4n) is 2.75. The minimum absolute atomic E-state index is 0.113. The predicted octanol–water partition coefficient (Wildman–Crippen LogP) is 1.08. The van der Waals surface area contributed by atoms with Crippen molar-refractivity contribution >= 4 is 34.9 Å². The van der Waals surface area contributed by atoms with Gasteiger partial charge in [0.05, 0.1) is 6.54 Å². The molecule has 24 heavy (non-hydrogen) atoms. The summed E-state index contributed by atoms with van der Waals surface area (Å²) in [6.07, 6.45) is 1.57. The van der Waals surface area contributed by atoms with Gasteiger partial charge in [0.25, 0.3) is 5.91 Å². The Hall–Kier alpha value is -2.08. The third-order valence-electron chi connectivity index (χ3n) is 4.40. The lowest BCUT2D eigenvalue weighted by Gasteiger charge is -2.36. The first-order valence-corrected chi connectivity index (χ1v) is 8.53. The molecule has 0 aromatic heterocycles. The number of piperazine rings is 1. The van der Waals surface area contributed by atoms with Crippen LogP contribution in [0.1, 0.15) is 12.8 Å². The number of Topliss-reactive ketones (excluding diaryl/α,β-unsaturated/α-hetero) is 1. The van der Waals surface area contributed by atoms with Crippen molar-refractivity contribution in [1.29, 1.82) is 0 Å². The van der Waals surface area contributed by atoms with Crippen molar-refractivity contribution in [3.05, 3.63) is 29.3 Å². The van der Waals surface area contributed by atoms with Gasteiger partial charge in [0.2, 0.25) is 11.7 Å². The Labute approximate surface area is 145 Å². The highest BCUT2D eigenvalue weighted by Gasteiger charge is 2.34. The summed E-state index contributed by atoms with van der Waals surface area (Å²) in [7, 11) is 0. The number of carbonyl (C=O) groups excluding carboxylic acids is 3. The van der Waals surface area contributed by atoms with Crippen LogP contribution in [0.15, 0.2) is 24.3 Å². The second kappa shape index (κ2) is 7.21. The van der Waals surface area contributed by atoms with Gasteiger partial charge < -0.3 is 15.1 Å². The van der Waals surface area contributed by atoms with Gasteiger partial charge in [0.1, 0.15) is 0 Å². The SMILES string of the molecule is O=C(NCC(=O)N1CCN(c2ccc(Cl)cc2)CC1)C(=O)C1CC1. The second-order valence-corrected chi connectivity index (χ2v) is 6.60. The zero-order chi connectivity index (χ0) is 17.1. The standard InChI is InChI=1S/C17H20ClN3O3/c18-13-3-5-14(6-4-13)20-7-9-21(10-8-20)15(22)11-19-17(24)16(23)12-1-2-12/h3-6,12H,1-2,7-11H2,(H,19,24). The number of amides is 2. The van der Waals surface area contributed by atoms with Gasteiger partial charge in [-0.15, -0.1) is 0 Å². The normalized spacial score (nSPS) is 17.5. The van der Waals surface area contributed by atoms with Gasteiger partial charge in [0.15, 0.2) is 0 Å². The number of rotatable bonds is 5. The van der Waals surface area contributed by atoms with Gasteiger partial charge in [-0.3, -0.25) is 14.4 Å². The van der Waals surface area contributed by atoms with Crippen LogP contribution in [0.4, 0.5) is 5.69 Å². The van der Waals surface area contributed by atoms with E-state index in [9.17, 15) is 14.4 Å². The summed E-state index contributed by atoms with van der Waals surface area (Å²) in [5, 5.41) is 3.14. The number of ketones is 1. The highest BCUT2D eigenvalue weighted by atomic mass is 35.5. The van der Waals surface area contributed by atoms with E-state index >= 15 is 0 Å². The van der Waals surface area contributed by atoms with Crippen molar-refractivity contribution in [2.75, 3.05) is 37.6 Å². The molecule has 0 radical (unpaired) electrons.